The van der Waals surface area contributed by atoms with Crippen molar-refractivity contribution in [3.05, 3.63) is 107 Å². The van der Waals surface area contributed by atoms with E-state index in [1.54, 1.807) is 0 Å². The number of benzene rings is 3. The van der Waals surface area contributed by atoms with Gasteiger partial charge in [-0.25, -0.2) is 5.90 Å². The second-order valence-electron chi connectivity index (χ2n) is 5.66. The van der Waals surface area contributed by atoms with Crippen molar-refractivity contribution in [3.8, 4) is 6.07 Å². The standard InChI is InChI=1S/C21H18N2O/c22-16-18-13-11-17(12-14-18)15-21(24-23,19-7-3-1-4-8-19)20-9-5-2-6-10-20/h1-14H,15,23H2. The van der Waals surface area contributed by atoms with Crippen molar-refractivity contribution >= 4 is 0 Å². The molecule has 3 aromatic carbocycles. The molecule has 2 N–H and O–H groups in total. The summed E-state index contributed by atoms with van der Waals surface area (Å²) in [5.74, 6) is 5.82. The van der Waals surface area contributed by atoms with Crippen molar-refractivity contribution in [2.45, 2.75) is 12.0 Å². The maximum absolute atomic E-state index is 8.97. The van der Waals surface area contributed by atoms with Crippen LogP contribution in [0.3, 0.4) is 0 Å². The second-order valence-corrected chi connectivity index (χ2v) is 5.66. The zero-order valence-corrected chi connectivity index (χ0v) is 13.2. The maximum atomic E-state index is 8.97. The van der Waals surface area contributed by atoms with Gasteiger partial charge in [-0.2, -0.15) is 5.26 Å². The molecule has 0 amide bonds. The lowest BCUT2D eigenvalue weighted by Crippen LogP contribution is -2.36. The molecule has 0 saturated carbocycles. The van der Waals surface area contributed by atoms with Crippen molar-refractivity contribution in [2.24, 2.45) is 5.90 Å². The van der Waals surface area contributed by atoms with Gasteiger partial charge in [-0.1, -0.05) is 72.8 Å². The van der Waals surface area contributed by atoms with Crippen LogP contribution in [0.5, 0.6) is 0 Å². The molecule has 0 unspecified atom stereocenters. The van der Waals surface area contributed by atoms with Gasteiger partial charge in [0.15, 0.2) is 0 Å². The molecule has 3 rings (SSSR count). The molecule has 3 aromatic rings. The first-order valence-corrected chi connectivity index (χ1v) is 7.76. The molecule has 0 heterocycles. The summed E-state index contributed by atoms with van der Waals surface area (Å²) in [7, 11) is 0. The summed E-state index contributed by atoms with van der Waals surface area (Å²) in [6.07, 6.45) is 0.573. The average molecular weight is 314 g/mol. The van der Waals surface area contributed by atoms with Crippen LogP contribution in [-0.2, 0) is 16.9 Å². The zero-order chi connectivity index (χ0) is 16.8. The van der Waals surface area contributed by atoms with E-state index in [1.807, 2.05) is 84.9 Å². The van der Waals surface area contributed by atoms with Crippen LogP contribution < -0.4 is 5.90 Å². The summed E-state index contributed by atoms with van der Waals surface area (Å²) in [4.78, 5) is 5.61. The van der Waals surface area contributed by atoms with Crippen LogP contribution in [0.4, 0.5) is 0 Å². The molecule has 0 spiro atoms. The van der Waals surface area contributed by atoms with Gasteiger partial charge >= 0.3 is 0 Å². The van der Waals surface area contributed by atoms with E-state index in [1.165, 1.54) is 0 Å². The lowest BCUT2D eigenvalue weighted by Gasteiger charge is -2.33. The van der Waals surface area contributed by atoms with E-state index < -0.39 is 5.60 Å². The van der Waals surface area contributed by atoms with Crippen molar-refractivity contribution < 1.29 is 4.84 Å². The Balaban J connectivity index is 2.09. The Hall–Kier alpha value is -2.93. The average Bonchev–Trinajstić information content (AvgIpc) is 2.68. The van der Waals surface area contributed by atoms with Crippen LogP contribution >= 0.6 is 0 Å². The monoisotopic (exact) mass is 314 g/mol. The molecule has 0 saturated heterocycles. The fourth-order valence-corrected chi connectivity index (χ4v) is 2.95. The number of nitrogens with zero attached hydrogens (tertiary/aromatic N) is 1. The predicted octanol–water partition coefficient (Wildman–Crippen LogP) is 3.93. The summed E-state index contributed by atoms with van der Waals surface area (Å²) in [6.45, 7) is 0. The van der Waals surface area contributed by atoms with Crippen LogP contribution in [-0.4, -0.2) is 0 Å². The van der Waals surface area contributed by atoms with E-state index in [4.69, 9.17) is 16.0 Å². The van der Waals surface area contributed by atoms with E-state index in [-0.39, 0.29) is 0 Å². The smallest absolute Gasteiger partial charge is 0.143 e. The molecule has 24 heavy (non-hydrogen) atoms. The highest BCUT2D eigenvalue weighted by Gasteiger charge is 2.35. The van der Waals surface area contributed by atoms with Gasteiger partial charge in [0.1, 0.15) is 5.60 Å². The van der Waals surface area contributed by atoms with Crippen LogP contribution in [0.15, 0.2) is 84.9 Å². The Labute approximate surface area is 141 Å². The zero-order valence-electron chi connectivity index (χ0n) is 13.2. The fraction of sp³-hybridized carbons (Fsp3) is 0.0952. The van der Waals surface area contributed by atoms with Crippen LogP contribution in [0.2, 0.25) is 0 Å². The minimum Gasteiger partial charge on any atom is -0.288 e. The third kappa shape index (κ3) is 3.07. The summed E-state index contributed by atoms with van der Waals surface area (Å²) in [6, 6.07) is 29.6. The number of rotatable bonds is 5. The van der Waals surface area contributed by atoms with Crippen LogP contribution in [0.1, 0.15) is 22.3 Å². The highest BCUT2D eigenvalue weighted by atomic mass is 16.6. The third-order valence-corrected chi connectivity index (χ3v) is 4.22. The lowest BCUT2D eigenvalue weighted by molar-refractivity contribution is -0.0204. The lowest BCUT2D eigenvalue weighted by atomic mass is 9.81. The topological polar surface area (TPSA) is 59.0 Å². The summed E-state index contributed by atoms with van der Waals surface area (Å²) < 4.78 is 0. The number of hydrogen-bond donors (Lipinski definition) is 1. The Kier molecular flexibility index (Phi) is 4.72. The molecule has 118 valence electrons. The van der Waals surface area contributed by atoms with E-state index >= 15 is 0 Å². The van der Waals surface area contributed by atoms with Gasteiger partial charge in [0.2, 0.25) is 0 Å². The summed E-state index contributed by atoms with van der Waals surface area (Å²) in [5, 5.41) is 8.97. The molecule has 0 aliphatic rings. The van der Waals surface area contributed by atoms with Crippen molar-refractivity contribution in [1.29, 1.82) is 5.26 Å². The molecular formula is C21H18N2O. The summed E-state index contributed by atoms with van der Waals surface area (Å²) >= 11 is 0. The summed E-state index contributed by atoms with van der Waals surface area (Å²) in [5.41, 5.74) is 2.88. The molecule has 3 nitrogen and oxygen atoms in total. The molecule has 0 aliphatic heterocycles. The Morgan fingerprint density at radius 2 is 1.29 bits per heavy atom. The highest BCUT2D eigenvalue weighted by Crippen LogP contribution is 2.35. The number of hydrogen-bond acceptors (Lipinski definition) is 3. The molecule has 0 atom stereocenters. The molecule has 3 heteroatoms. The Morgan fingerprint density at radius 3 is 1.71 bits per heavy atom. The SMILES string of the molecule is N#Cc1ccc(CC(ON)(c2ccccc2)c2ccccc2)cc1. The van der Waals surface area contributed by atoms with Gasteiger partial charge in [-0.15, -0.1) is 0 Å². The molecule has 0 aliphatic carbocycles. The maximum Gasteiger partial charge on any atom is 0.143 e. The molecular weight excluding hydrogens is 296 g/mol. The Bertz CT molecular complexity index is 782. The van der Waals surface area contributed by atoms with Crippen LogP contribution in [0.25, 0.3) is 0 Å². The molecule has 0 aromatic heterocycles. The third-order valence-electron chi connectivity index (χ3n) is 4.22. The van der Waals surface area contributed by atoms with Crippen LogP contribution in [0, 0.1) is 11.3 Å². The van der Waals surface area contributed by atoms with Gasteiger partial charge in [0.05, 0.1) is 11.6 Å². The van der Waals surface area contributed by atoms with Gasteiger partial charge in [-0.3, -0.25) is 4.84 Å². The van der Waals surface area contributed by atoms with Gasteiger partial charge < -0.3 is 0 Å². The van der Waals surface area contributed by atoms with E-state index in [9.17, 15) is 0 Å². The van der Waals surface area contributed by atoms with Gasteiger partial charge in [0.25, 0.3) is 0 Å². The van der Waals surface area contributed by atoms with E-state index in [2.05, 4.69) is 6.07 Å². The first-order valence-electron chi connectivity index (χ1n) is 7.76. The number of nitriles is 1. The first-order chi connectivity index (χ1) is 11.8. The van der Waals surface area contributed by atoms with E-state index in [0.717, 1.165) is 16.7 Å². The second kappa shape index (κ2) is 7.10. The van der Waals surface area contributed by atoms with Crippen molar-refractivity contribution in [3.63, 3.8) is 0 Å². The number of nitrogens with two attached hydrogens (primary N) is 1. The first kappa shape index (κ1) is 15.9. The molecule has 0 fully saturated rings. The van der Waals surface area contributed by atoms with Crippen molar-refractivity contribution in [1.82, 2.24) is 0 Å². The fourth-order valence-electron chi connectivity index (χ4n) is 2.95. The minimum absolute atomic E-state index is 0.573. The Morgan fingerprint density at radius 1 is 0.792 bits per heavy atom. The highest BCUT2D eigenvalue weighted by molar-refractivity contribution is 5.40. The quantitative estimate of drug-likeness (QED) is 0.726. The minimum atomic E-state index is -0.781. The molecule has 0 bridgehead atoms. The molecule has 0 radical (unpaired) electrons. The largest absolute Gasteiger partial charge is 0.288 e. The van der Waals surface area contributed by atoms with Gasteiger partial charge in [0, 0.05) is 6.42 Å². The van der Waals surface area contributed by atoms with Crippen molar-refractivity contribution in [2.75, 3.05) is 0 Å². The normalized spacial score (nSPS) is 11.0. The van der Waals surface area contributed by atoms with Gasteiger partial charge in [-0.05, 0) is 28.8 Å². The predicted molar refractivity (Wildman–Crippen MR) is 93.8 cm³/mol. The van der Waals surface area contributed by atoms with E-state index in [0.29, 0.717) is 12.0 Å².